The topological polar surface area (TPSA) is 30.0 Å². The Morgan fingerprint density at radius 3 is 2.26 bits per heavy atom. The molecule has 19 heavy (non-hydrogen) atoms. The highest BCUT2D eigenvalue weighted by Gasteiger charge is 2.19. The van der Waals surface area contributed by atoms with Crippen molar-refractivity contribution in [2.24, 2.45) is 0 Å². The van der Waals surface area contributed by atoms with Crippen molar-refractivity contribution in [1.82, 2.24) is 4.98 Å². The molecule has 0 aliphatic heterocycles. The predicted molar refractivity (Wildman–Crippen MR) is 75.7 cm³/mol. The molecule has 1 heterocycles. The fourth-order valence-corrected chi connectivity index (χ4v) is 2.44. The van der Waals surface area contributed by atoms with Crippen molar-refractivity contribution in [2.75, 3.05) is 0 Å². The van der Waals surface area contributed by atoms with Gasteiger partial charge in [-0.25, -0.2) is 4.98 Å². The van der Waals surface area contributed by atoms with Crippen LogP contribution in [0, 0.1) is 0 Å². The summed E-state index contributed by atoms with van der Waals surface area (Å²) in [6, 6.07) is 11.3. The van der Waals surface area contributed by atoms with Crippen LogP contribution in [0.4, 0.5) is 0 Å². The van der Waals surface area contributed by atoms with Crippen LogP contribution in [-0.2, 0) is 0 Å². The van der Waals surface area contributed by atoms with Crippen LogP contribution in [0.1, 0.15) is 46.7 Å². The summed E-state index contributed by atoms with van der Waals surface area (Å²) in [5, 5.41) is 0.400. The number of carbonyl (C=O) groups is 1. The molecule has 0 unspecified atom stereocenters. The number of rotatable bonds is 3. The van der Waals surface area contributed by atoms with Crippen molar-refractivity contribution in [2.45, 2.75) is 25.2 Å². The monoisotopic (exact) mass is 271 g/mol. The zero-order chi connectivity index (χ0) is 13.2. The Hall–Kier alpha value is -1.67. The molecule has 0 N–H and O–H groups in total. The second-order valence-corrected chi connectivity index (χ2v) is 5.34. The summed E-state index contributed by atoms with van der Waals surface area (Å²) in [7, 11) is 0. The van der Waals surface area contributed by atoms with Gasteiger partial charge in [-0.05, 0) is 36.5 Å². The van der Waals surface area contributed by atoms with Crippen molar-refractivity contribution in [3.63, 3.8) is 0 Å². The second kappa shape index (κ2) is 5.14. The van der Waals surface area contributed by atoms with E-state index < -0.39 is 0 Å². The van der Waals surface area contributed by atoms with Crippen LogP contribution in [0.3, 0.4) is 0 Å². The molecule has 1 saturated carbocycles. The molecule has 0 amide bonds. The van der Waals surface area contributed by atoms with E-state index in [0.717, 1.165) is 0 Å². The Morgan fingerprint density at radius 2 is 1.74 bits per heavy atom. The number of aromatic nitrogens is 1. The van der Waals surface area contributed by atoms with E-state index in [1.165, 1.54) is 31.0 Å². The Balaban J connectivity index is 1.81. The van der Waals surface area contributed by atoms with Gasteiger partial charge in [0.05, 0.1) is 0 Å². The number of ketones is 1. The number of hydrogen-bond donors (Lipinski definition) is 0. The van der Waals surface area contributed by atoms with E-state index in [0.29, 0.717) is 22.2 Å². The van der Waals surface area contributed by atoms with Gasteiger partial charge in [-0.2, -0.15) is 0 Å². The third-order valence-corrected chi connectivity index (χ3v) is 3.96. The molecule has 1 aliphatic carbocycles. The lowest BCUT2D eigenvalue weighted by Crippen LogP contribution is -2.09. The van der Waals surface area contributed by atoms with Gasteiger partial charge in [0.1, 0.15) is 5.15 Å². The standard InChI is InChI=1S/C16H14ClNO/c17-15-9-8-14(10-18-15)16(19)13-6-4-12(5-7-13)11-2-1-3-11/h4-11H,1-3H2. The molecule has 0 saturated heterocycles. The fraction of sp³-hybridized carbons (Fsp3) is 0.250. The normalized spacial score (nSPS) is 15.0. The molecule has 3 rings (SSSR count). The van der Waals surface area contributed by atoms with Gasteiger partial charge < -0.3 is 0 Å². The molecular formula is C16H14ClNO. The number of benzene rings is 1. The van der Waals surface area contributed by atoms with E-state index >= 15 is 0 Å². The minimum Gasteiger partial charge on any atom is -0.289 e. The predicted octanol–water partition coefficient (Wildman–Crippen LogP) is 4.23. The average molecular weight is 272 g/mol. The van der Waals surface area contributed by atoms with E-state index in [1.54, 1.807) is 12.1 Å². The Morgan fingerprint density at radius 1 is 1.05 bits per heavy atom. The van der Waals surface area contributed by atoms with Crippen LogP contribution in [0.5, 0.6) is 0 Å². The van der Waals surface area contributed by atoms with Gasteiger partial charge in [-0.3, -0.25) is 4.79 Å². The van der Waals surface area contributed by atoms with E-state index in [1.807, 2.05) is 12.1 Å². The highest BCUT2D eigenvalue weighted by molar-refractivity contribution is 6.29. The van der Waals surface area contributed by atoms with Crippen molar-refractivity contribution in [3.05, 3.63) is 64.4 Å². The highest BCUT2D eigenvalue weighted by atomic mass is 35.5. The third kappa shape index (κ3) is 2.54. The first-order valence-electron chi connectivity index (χ1n) is 6.50. The molecule has 1 aliphatic rings. The van der Waals surface area contributed by atoms with Gasteiger partial charge in [-0.1, -0.05) is 42.3 Å². The summed E-state index contributed by atoms with van der Waals surface area (Å²) in [4.78, 5) is 16.2. The lowest BCUT2D eigenvalue weighted by Gasteiger charge is -2.25. The number of carbonyl (C=O) groups excluding carboxylic acids is 1. The first-order chi connectivity index (χ1) is 9.24. The zero-order valence-electron chi connectivity index (χ0n) is 10.5. The van der Waals surface area contributed by atoms with E-state index in [9.17, 15) is 4.79 Å². The maximum absolute atomic E-state index is 12.2. The molecule has 2 nitrogen and oxygen atoms in total. The van der Waals surface area contributed by atoms with Crippen molar-refractivity contribution >= 4 is 17.4 Å². The molecule has 0 radical (unpaired) electrons. The molecule has 2 aromatic rings. The molecule has 3 heteroatoms. The maximum Gasteiger partial charge on any atom is 0.194 e. The van der Waals surface area contributed by atoms with Crippen LogP contribution < -0.4 is 0 Å². The first kappa shape index (κ1) is 12.4. The van der Waals surface area contributed by atoms with E-state index in [4.69, 9.17) is 11.6 Å². The minimum atomic E-state index is -0.00988. The first-order valence-corrected chi connectivity index (χ1v) is 6.88. The summed E-state index contributed by atoms with van der Waals surface area (Å²) in [6.07, 6.45) is 5.38. The van der Waals surface area contributed by atoms with Crippen molar-refractivity contribution in [1.29, 1.82) is 0 Å². The van der Waals surface area contributed by atoms with Crippen LogP contribution in [0.15, 0.2) is 42.6 Å². The Bertz CT molecular complexity index is 585. The van der Waals surface area contributed by atoms with Gasteiger partial charge >= 0.3 is 0 Å². The fourth-order valence-electron chi connectivity index (χ4n) is 2.33. The third-order valence-electron chi connectivity index (χ3n) is 3.74. The smallest absolute Gasteiger partial charge is 0.194 e. The molecule has 96 valence electrons. The van der Waals surface area contributed by atoms with Gasteiger partial charge in [-0.15, -0.1) is 0 Å². The minimum absolute atomic E-state index is 0.00988. The molecule has 1 aromatic carbocycles. The molecule has 0 spiro atoms. The lowest BCUT2D eigenvalue weighted by molar-refractivity contribution is 0.103. The second-order valence-electron chi connectivity index (χ2n) is 4.95. The molecule has 0 atom stereocenters. The Kier molecular flexibility index (Phi) is 3.34. The van der Waals surface area contributed by atoms with Gasteiger partial charge in [0.25, 0.3) is 0 Å². The number of hydrogen-bond acceptors (Lipinski definition) is 2. The summed E-state index contributed by atoms with van der Waals surface area (Å²) in [6.45, 7) is 0. The van der Waals surface area contributed by atoms with E-state index in [-0.39, 0.29) is 5.78 Å². The van der Waals surface area contributed by atoms with Crippen molar-refractivity contribution < 1.29 is 4.79 Å². The van der Waals surface area contributed by atoms with Crippen LogP contribution in [-0.4, -0.2) is 10.8 Å². The summed E-state index contributed by atoms with van der Waals surface area (Å²) < 4.78 is 0. The van der Waals surface area contributed by atoms with Gasteiger partial charge in [0.2, 0.25) is 0 Å². The van der Waals surface area contributed by atoms with Crippen molar-refractivity contribution in [3.8, 4) is 0 Å². The quantitative estimate of drug-likeness (QED) is 0.617. The summed E-state index contributed by atoms with van der Waals surface area (Å²) in [5.41, 5.74) is 2.62. The molecule has 0 bridgehead atoms. The molecular weight excluding hydrogens is 258 g/mol. The van der Waals surface area contributed by atoms with Crippen LogP contribution in [0.25, 0.3) is 0 Å². The maximum atomic E-state index is 12.2. The number of halogens is 1. The van der Waals surface area contributed by atoms with Crippen LogP contribution in [0.2, 0.25) is 5.15 Å². The molecule has 1 fully saturated rings. The summed E-state index contributed by atoms with van der Waals surface area (Å²) in [5.74, 6) is 0.686. The Labute approximate surface area is 117 Å². The number of nitrogens with zero attached hydrogens (tertiary/aromatic N) is 1. The lowest BCUT2D eigenvalue weighted by atomic mass is 9.80. The zero-order valence-corrected chi connectivity index (χ0v) is 11.2. The van der Waals surface area contributed by atoms with E-state index in [2.05, 4.69) is 17.1 Å². The van der Waals surface area contributed by atoms with Crippen LogP contribution >= 0.6 is 11.6 Å². The number of pyridine rings is 1. The van der Waals surface area contributed by atoms with Gasteiger partial charge in [0, 0.05) is 17.3 Å². The van der Waals surface area contributed by atoms with Gasteiger partial charge in [0.15, 0.2) is 5.78 Å². The SMILES string of the molecule is O=C(c1ccc(C2CCC2)cc1)c1ccc(Cl)nc1. The largest absolute Gasteiger partial charge is 0.289 e. The molecule has 1 aromatic heterocycles. The highest BCUT2D eigenvalue weighted by Crippen LogP contribution is 2.36. The summed E-state index contributed by atoms with van der Waals surface area (Å²) >= 11 is 5.72. The average Bonchev–Trinajstić information content (AvgIpc) is 2.38.